The normalized spacial score (nSPS) is 10.4. The fraction of sp³-hybridized carbons (Fsp3) is 0.462. The van der Waals surface area contributed by atoms with Gasteiger partial charge in [-0.1, -0.05) is 34.0 Å². The lowest BCUT2D eigenvalue weighted by molar-refractivity contribution is 0.0788. The number of hydrogen-bond donors (Lipinski definition) is 0. The van der Waals surface area contributed by atoms with Crippen molar-refractivity contribution >= 4 is 33.4 Å². The fourth-order valence-corrected chi connectivity index (χ4v) is 2.16. The highest BCUT2D eigenvalue weighted by atomic mass is 79.9. The van der Waals surface area contributed by atoms with E-state index >= 15 is 0 Å². The third-order valence-electron chi connectivity index (χ3n) is 2.63. The molecule has 0 aliphatic rings. The van der Waals surface area contributed by atoms with Gasteiger partial charge in [0.05, 0.1) is 5.56 Å². The van der Waals surface area contributed by atoms with Crippen molar-refractivity contribution in [3.05, 3.63) is 34.6 Å². The average molecular weight is 337 g/mol. The highest BCUT2D eigenvalue weighted by molar-refractivity contribution is 9.09. The topological polar surface area (TPSA) is 20.3 Å². The van der Waals surface area contributed by atoms with Crippen LogP contribution in [0, 0.1) is 5.82 Å². The Morgan fingerprint density at radius 2 is 2.11 bits per heavy atom. The molecule has 0 heterocycles. The first-order valence-electron chi connectivity index (χ1n) is 5.82. The van der Waals surface area contributed by atoms with Gasteiger partial charge in [0.2, 0.25) is 0 Å². The van der Waals surface area contributed by atoms with Gasteiger partial charge < -0.3 is 4.90 Å². The summed E-state index contributed by atoms with van der Waals surface area (Å²) in [4.78, 5) is 13.5. The van der Waals surface area contributed by atoms with Crippen LogP contribution in [-0.4, -0.2) is 29.7 Å². The Morgan fingerprint density at radius 1 is 1.39 bits per heavy atom. The number of alkyl halides is 1. The minimum Gasteiger partial charge on any atom is -0.342 e. The number of amides is 1. The first kappa shape index (κ1) is 15.4. The molecule has 1 rings (SSSR count). The Hall–Kier alpha value is -0.610. The van der Waals surface area contributed by atoms with Crippen LogP contribution in [0.25, 0.3) is 0 Å². The first-order chi connectivity index (χ1) is 8.56. The maximum absolute atomic E-state index is 13.5. The second-order valence-electron chi connectivity index (χ2n) is 4.10. The molecule has 0 aliphatic heterocycles. The summed E-state index contributed by atoms with van der Waals surface area (Å²) in [5, 5.41) is 1.33. The number of halogens is 3. The van der Waals surface area contributed by atoms with Gasteiger partial charge in [-0.25, -0.2) is 4.39 Å². The second-order valence-corrected chi connectivity index (χ2v) is 5.33. The van der Waals surface area contributed by atoms with E-state index in [1.54, 1.807) is 7.05 Å². The van der Waals surface area contributed by atoms with Crippen molar-refractivity contribution in [2.45, 2.75) is 19.3 Å². The molecular weight excluding hydrogens is 321 g/mol. The summed E-state index contributed by atoms with van der Waals surface area (Å²) in [7, 11) is 1.68. The molecule has 2 nitrogen and oxygen atoms in total. The van der Waals surface area contributed by atoms with E-state index in [-0.39, 0.29) is 11.5 Å². The average Bonchev–Trinajstić information content (AvgIpc) is 2.36. The fourth-order valence-electron chi connectivity index (χ4n) is 1.59. The Labute approximate surface area is 120 Å². The van der Waals surface area contributed by atoms with E-state index in [0.29, 0.717) is 11.6 Å². The standard InChI is InChI=1S/C13H16BrClFNO/c1-17(8-4-2-3-7-14)13(18)11-9-10(15)5-6-12(11)16/h5-6,9H,2-4,7-8H2,1H3. The molecule has 0 unspecified atom stereocenters. The molecule has 5 heteroatoms. The van der Waals surface area contributed by atoms with Gasteiger partial charge in [0.1, 0.15) is 5.82 Å². The van der Waals surface area contributed by atoms with E-state index in [4.69, 9.17) is 11.6 Å². The van der Waals surface area contributed by atoms with Gasteiger partial charge in [-0.15, -0.1) is 0 Å². The van der Waals surface area contributed by atoms with E-state index in [0.717, 1.165) is 24.6 Å². The van der Waals surface area contributed by atoms with Gasteiger partial charge >= 0.3 is 0 Å². The zero-order chi connectivity index (χ0) is 13.5. The van der Waals surface area contributed by atoms with Gasteiger partial charge in [-0.3, -0.25) is 4.79 Å². The van der Waals surface area contributed by atoms with Crippen molar-refractivity contribution in [2.24, 2.45) is 0 Å². The molecular formula is C13H16BrClFNO. The van der Waals surface area contributed by atoms with Crippen LogP contribution in [-0.2, 0) is 0 Å². The molecule has 1 aromatic rings. The first-order valence-corrected chi connectivity index (χ1v) is 7.32. The number of unbranched alkanes of at least 4 members (excludes halogenated alkanes) is 2. The van der Waals surface area contributed by atoms with Crippen molar-refractivity contribution in [1.29, 1.82) is 0 Å². The van der Waals surface area contributed by atoms with E-state index in [1.165, 1.54) is 23.1 Å². The van der Waals surface area contributed by atoms with Gasteiger partial charge in [0.15, 0.2) is 0 Å². The summed E-state index contributed by atoms with van der Waals surface area (Å²) in [6, 6.07) is 4.02. The summed E-state index contributed by atoms with van der Waals surface area (Å²) in [6.45, 7) is 0.623. The van der Waals surface area contributed by atoms with Gasteiger partial charge in [-0.05, 0) is 31.0 Å². The predicted octanol–water partition coefficient (Wildman–Crippen LogP) is 4.12. The molecule has 0 bridgehead atoms. The van der Waals surface area contributed by atoms with Crippen LogP contribution in [0.2, 0.25) is 5.02 Å². The van der Waals surface area contributed by atoms with E-state index in [9.17, 15) is 9.18 Å². The molecule has 0 N–H and O–H groups in total. The molecule has 1 amide bonds. The van der Waals surface area contributed by atoms with Crippen molar-refractivity contribution in [1.82, 2.24) is 4.90 Å². The Balaban J connectivity index is 2.60. The molecule has 0 atom stereocenters. The highest BCUT2D eigenvalue weighted by Gasteiger charge is 2.16. The summed E-state index contributed by atoms with van der Waals surface area (Å²) < 4.78 is 13.5. The zero-order valence-corrected chi connectivity index (χ0v) is 12.6. The zero-order valence-electron chi connectivity index (χ0n) is 10.3. The second kappa shape index (κ2) is 7.74. The molecule has 0 fully saturated rings. The van der Waals surface area contributed by atoms with Crippen LogP contribution in [0.15, 0.2) is 18.2 Å². The molecule has 0 spiro atoms. The number of nitrogens with zero attached hydrogens (tertiary/aromatic N) is 1. The molecule has 0 radical (unpaired) electrons. The summed E-state index contributed by atoms with van der Waals surface area (Å²) in [6.07, 6.45) is 3.03. The van der Waals surface area contributed by atoms with Crippen LogP contribution in [0.5, 0.6) is 0 Å². The molecule has 18 heavy (non-hydrogen) atoms. The Morgan fingerprint density at radius 3 is 2.78 bits per heavy atom. The van der Waals surface area contributed by atoms with Gasteiger partial charge in [-0.2, -0.15) is 0 Å². The van der Waals surface area contributed by atoms with Crippen LogP contribution < -0.4 is 0 Å². The molecule has 0 saturated heterocycles. The van der Waals surface area contributed by atoms with Crippen molar-refractivity contribution < 1.29 is 9.18 Å². The number of benzene rings is 1. The lowest BCUT2D eigenvalue weighted by atomic mass is 10.1. The number of rotatable bonds is 6. The maximum atomic E-state index is 13.5. The van der Waals surface area contributed by atoms with E-state index < -0.39 is 5.82 Å². The third-order valence-corrected chi connectivity index (χ3v) is 3.43. The van der Waals surface area contributed by atoms with Crippen LogP contribution in [0.1, 0.15) is 29.6 Å². The van der Waals surface area contributed by atoms with Gasteiger partial charge in [0.25, 0.3) is 5.91 Å². The molecule has 0 saturated carbocycles. The number of hydrogen-bond acceptors (Lipinski definition) is 1. The SMILES string of the molecule is CN(CCCCCBr)C(=O)c1cc(Cl)ccc1F. The predicted molar refractivity (Wildman–Crippen MR) is 76.0 cm³/mol. The third kappa shape index (κ3) is 4.58. The highest BCUT2D eigenvalue weighted by Crippen LogP contribution is 2.16. The lowest BCUT2D eigenvalue weighted by Gasteiger charge is -2.17. The summed E-state index contributed by atoms with van der Waals surface area (Å²) >= 11 is 9.12. The minimum atomic E-state index is -0.531. The van der Waals surface area contributed by atoms with Crippen molar-refractivity contribution in [3.63, 3.8) is 0 Å². The smallest absolute Gasteiger partial charge is 0.256 e. The quantitative estimate of drug-likeness (QED) is 0.565. The Bertz CT molecular complexity index is 414. The summed E-state index contributed by atoms with van der Waals surface area (Å²) in [5.41, 5.74) is 0.0329. The Kier molecular flexibility index (Phi) is 6.65. The van der Waals surface area contributed by atoms with Gasteiger partial charge in [0, 0.05) is 23.9 Å². The van der Waals surface area contributed by atoms with Crippen LogP contribution >= 0.6 is 27.5 Å². The molecule has 0 aromatic heterocycles. The molecule has 1 aromatic carbocycles. The minimum absolute atomic E-state index is 0.0329. The van der Waals surface area contributed by atoms with E-state index in [1.807, 2.05) is 0 Å². The monoisotopic (exact) mass is 335 g/mol. The maximum Gasteiger partial charge on any atom is 0.256 e. The lowest BCUT2D eigenvalue weighted by Crippen LogP contribution is -2.28. The van der Waals surface area contributed by atoms with Crippen molar-refractivity contribution in [3.8, 4) is 0 Å². The largest absolute Gasteiger partial charge is 0.342 e. The number of carbonyl (C=O) groups is 1. The van der Waals surface area contributed by atoms with Crippen LogP contribution in [0.4, 0.5) is 4.39 Å². The van der Waals surface area contributed by atoms with Crippen molar-refractivity contribution in [2.75, 3.05) is 18.9 Å². The summed E-state index contributed by atoms with van der Waals surface area (Å²) in [5.74, 6) is -0.856. The number of carbonyl (C=O) groups excluding carboxylic acids is 1. The van der Waals surface area contributed by atoms with E-state index in [2.05, 4.69) is 15.9 Å². The molecule has 0 aliphatic carbocycles. The van der Waals surface area contributed by atoms with Crippen LogP contribution in [0.3, 0.4) is 0 Å². The molecule has 100 valence electrons.